The van der Waals surface area contributed by atoms with E-state index in [1.54, 1.807) is 0 Å². The number of hydrogen-bond acceptors (Lipinski definition) is 4. The fourth-order valence-electron chi connectivity index (χ4n) is 3.96. The maximum absolute atomic E-state index is 10.4. The van der Waals surface area contributed by atoms with Crippen molar-refractivity contribution in [2.45, 2.75) is 52.1 Å². The molecule has 0 radical (unpaired) electrons. The number of phenols is 1. The first-order valence-electron chi connectivity index (χ1n) is 10.4. The molecule has 1 aromatic carbocycles. The second-order valence-electron chi connectivity index (χ2n) is 7.48. The molecule has 1 atom stereocenters. The minimum Gasteiger partial charge on any atom is -0.508 e. The normalized spacial score (nSPS) is 18.7. The van der Waals surface area contributed by atoms with E-state index in [0.29, 0.717) is 18.3 Å². The number of halogens is 1. The molecule has 1 aliphatic carbocycles. The van der Waals surface area contributed by atoms with Crippen molar-refractivity contribution in [1.29, 1.82) is 0 Å². The van der Waals surface area contributed by atoms with Crippen LogP contribution in [0.5, 0.6) is 5.75 Å². The van der Waals surface area contributed by atoms with Gasteiger partial charge in [0, 0.05) is 37.8 Å². The van der Waals surface area contributed by atoms with Crippen LogP contribution in [-0.4, -0.2) is 61.4 Å². The predicted octanol–water partition coefficient (Wildman–Crippen LogP) is 2.66. The van der Waals surface area contributed by atoms with Gasteiger partial charge in [-0.05, 0) is 56.7 Å². The number of fused-ring (bicyclic) bond motifs is 1. The Labute approximate surface area is 186 Å². The Kier molecular flexibility index (Phi) is 9.81. The highest BCUT2D eigenvalue weighted by Crippen LogP contribution is 2.31. The molecule has 3 N–H and O–H groups in total. The smallest absolute Gasteiger partial charge is 0.191 e. The lowest BCUT2D eigenvalue weighted by Gasteiger charge is -2.32. The number of aromatic hydroxyl groups is 1. The number of aryl methyl sites for hydroxylation is 1. The topological polar surface area (TPSA) is 69.1 Å². The molecule has 28 heavy (non-hydrogen) atoms. The van der Waals surface area contributed by atoms with E-state index in [2.05, 4.69) is 35.4 Å². The molecule has 0 spiro atoms. The maximum atomic E-state index is 10.4. The van der Waals surface area contributed by atoms with Gasteiger partial charge in [-0.15, -0.1) is 24.0 Å². The molecule has 1 saturated heterocycles. The molecular weight excluding hydrogens is 467 g/mol. The van der Waals surface area contributed by atoms with Crippen molar-refractivity contribution in [2.75, 3.05) is 39.4 Å². The summed E-state index contributed by atoms with van der Waals surface area (Å²) in [4.78, 5) is 7.20. The Balaban J connectivity index is 0.00000280. The second kappa shape index (κ2) is 11.8. The van der Waals surface area contributed by atoms with Crippen molar-refractivity contribution in [1.82, 2.24) is 15.5 Å². The zero-order chi connectivity index (χ0) is 19.1. The van der Waals surface area contributed by atoms with Crippen LogP contribution in [0.1, 0.15) is 43.4 Å². The lowest BCUT2D eigenvalue weighted by Crippen LogP contribution is -2.49. The third-order valence-corrected chi connectivity index (χ3v) is 5.60. The Morgan fingerprint density at radius 1 is 1.21 bits per heavy atom. The van der Waals surface area contributed by atoms with Crippen molar-refractivity contribution < 1.29 is 9.84 Å². The monoisotopic (exact) mass is 502 g/mol. The minimum atomic E-state index is 0. The summed E-state index contributed by atoms with van der Waals surface area (Å²) in [6.07, 6.45) is 4.60. The van der Waals surface area contributed by atoms with Crippen molar-refractivity contribution in [3.63, 3.8) is 0 Å². The van der Waals surface area contributed by atoms with E-state index in [1.807, 2.05) is 6.07 Å². The molecule has 6 nitrogen and oxygen atoms in total. The fourth-order valence-corrected chi connectivity index (χ4v) is 3.96. The molecular formula is C21H35IN4O2. The van der Waals surface area contributed by atoms with Gasteiger partial charge in [0.05, 0.1) is 19.8 Å². The molecule has 0 saturated carbocycles. The summed E-state index contributed by atoms with van der Waals surface area (Å²) in [5.41, 5.74) is 3.68. The van der Waals surface area contributed by atoms with Crippen LogP contribution in [0.4, 0.5) is 0 Å². The molecule has 1 aromatic rings. The summed E-state index contributed by atoms with van der Waals surface area (Å²) in [5, 5.41) is 17.2. The van der Waals surface area contributed by atoms with Gasteiger partial charge >= 0.3 is 0 Å². The minimum absolute atomic E-state index is 0. The summed E-state index contributed by atoms with van der Waals surface area (Å²) >= 11 is 0. The summed E-state index contributed by atoms with van der Waals surface area (Å²) in [6.45, 7) is 10.1. The van der Waals surface area contributed by atoms with Gasteiger partial charge in [0.15, 0.2) is 5.96 Å². The molecule has 0 bridgehead atoms. The number of benzene rings is 1. The number of aliphatic imine (C=N–C) groups is 1. The van der Waals surface area contributed by atoms with Crippen molar-refractivity contribution in [3.05, 3.63) is 28.8 Å². The second-order valence-corrected chi connectivity index (χ2v) is 7.48. The number of guanidine groups is 1. The van der Waals surface area contributed by atoms with E-state index in [4.69, 9.17) is 9.73 Å². The van der Waals surface area contributed by atoms with Crippen LogP contribution in [-0.2, 0) is 24.1 Å². The van der Waals surface area contributed by atoms with Crippen LogP contribution >= 0.6 is 24.0 Å². The Morgan fingerprint density at radius 2 is 1.96 bits per heavy atom. The molecule has 1 aliphatic heterocycles. The summed E-state index contributed by atoms with van der Waals surface area (Å²) in [7, 11) is 0. The number of hydrogen-bond donors (Lipinski definition) is 3. The number of phenolic OH excluding ortho intramolecular Hbond substituents is 1. The molecule has 1 heterocycles. The summed E-state index contributed by atoms with van der Waals surface area (Å²) in [6, 6.07) is 4.33. The predicted molar refractivity (Wildman–Crippen MR) is 125 cm³/mol. The van der Waals surface area contributed by atoms with Gasteiger partial charge in [-0.1, -0.05) is 6.07 Å². The third kappa shape index (κ3) is 6.22. The highest BCUT2D eigenvalue weighted by atomic mass is 127. The standard InChI is InChI=1S/C21H34N4O2.HI/c1-3-22-21(23-14-16(2)25-10-12-27-13-11-25)24-15-19-18-7-5-4-6-17(18)8-9-20(19)26;/h8-9,16,26H,3-7,10-15H2,1-2H3,(H2,22,23,24);1H. The quantitative estimate of drug-likeness (QED) is 0.317. The van der Waals surface area contributed by atoms with E-state index in [-0.39, 0.29) is 24.0 Å². The number of nitrogens with one attached hydrogen (secondary N) is 2. The van der Waals surface area contributed by atoms with E-state index in [1.165, 1.54) is 24.0 Å². The molecule has 0 amide bonds. The van der Waals surface area contributed by atoms with Crippen LogP contribution < -0.4 is 10.6 Å². The van der Waals surface area contributed by atoms with Gasteiger partial charge in [-0.2, -0.15) is 0 Å². The van der Waals surface area contributed by atoms with Gasteiger partial charge in [0.2, 0.25) is 0 Å². The molecule has 158 valence electrons. The number of nitrogens with zero attached hydrogens (tertiary/aromatic N) is 2. The lowest BCUT2D eigenvalue weighted by atomic mass is 9.88. The molecule has 1 fully saturated rings. The SMILES string of the molecule is CCNC(=NCc1c(O)ccc2c1CCCC2)NCC(C)N1CCOCC1.I. The zero-order valence-corrected chi connectivity index (χ0v) is 19.5. The largest absolute Gasteiger partial charge is 0.508 e. The molecule has 1 unspecified atom stereocenters. The highest BCUT2D eigenvalue weighted by molar-refractivity contribution is 14.0. The average molecular weight is 502 g/mol. The van der Waals surface area contributed by atoms with Crippen molar-refractivity contribution in [2.24, 2.45) is 4.99 Å². The summed E-state index contributed by atoms with van der Waals surface area (Å²) in [5.74, 6) is 1.18. The number of rotatable bonds is 6. The van der Waals surface area contributed by atoms with Gasteiger partial charge in [-0.25, -0.2) is 4.99 Å². The van der Waals surface area contributed by atoms with Crippen molar-refractivity contribution in [3.8, 4) is 5.75 Å². The molecule has 2 aliphatic rings. The van der Waals surface area contributed by atoms with Crippen LogP contribution in [0.3, 0.4) is 0 Å². The van der Waals surface area contributed by atoms with Crippen LogP contribution in [0.15, 0.2) is 17.1 Å². The first kappa shape index (κ1) is 23.2. The first-order valence-corrected chi connectivity index (χ1v) is 10.4. The van der Waals surface area contributed by atoms with Gasteiger partial charge in [0.25, 0.3) is 0 Å². The zero-order valence-electron chi connectivity index (χ0n) is 17.2. The van der Waals surface area contributed by atoms with Crippen LogP contribution in [0, 0.1) is 0 Å². The number of ether oxygens (including phenoxy) is 1. The third-order valence-electron chi connectivity index (χ3n) is 5.60. The van der Waals surface area contributed by atoms with E-state index in [9.17, 15) is 5.11 Å². The van der Waals surface area contributed by atoms with E-state index < -0.39 is 0 Å². The average Bonchev–Trinajstić information content (AvgIpc) is 2.71. The lowest BCUT2D eigenvalue weighted by molar-refractivity contribution is 0.0211. The first-order chi connectivity index (χ1) is 13.2. The van der Waals surface area contributed by atoms with Crippen LogP contribution in [0.2, 0.25) is 0 Å². The Bertz CT molecular complexity index is 648. The fraction of sp³-hybridized carbons (Fsp3) is 0.667. The Hall–Kier alpha value is -1.06. The Morgan fingerprint density at radius 3 is 2.71 bits per heavy atom. The number of morpholine rings is 1. The van der Waals surface area contributed by atoms with Crippen molar-refractivity contribution >= 4 is 29.9 Å². The molecule has 0 aromatic heterocycles. The summed E-state index contributed by atoms with van der Waals surface area (Å²) < 4.78 is 5.44. The van der Waals surface area contributed by atoms with Gasteiger partial charge < -0.3 is 20.5 Å². The van der Waals surface area contributed by atoms with Gasteiger partial charge in [0.1, 0.15) is 5.75 Å². The maximum Gasteiger partial charge on any atom is 0.191 e. The van der Waals surface area contributed by atoms with E-state index >= 15 is 0 Å². The van der Waals surface area contributed by atoms with Gasteiger partial charge in [-0.3, -0.25) is 4.90 Å². The molecule has 7 heteroatoms. The van der Waals surface area contributed by atoms with Crippen LogP contribution in [0.25, 0.3) is 0 Å². The molecule has 3 rings (SSSR count). The van der Waals surface area contributed by atoms with E-state index in [0.717, 1.165) is 63.8 Å². The highest BCUT2D eigenvalue weighted by Gasteiger charge is 2.18.